The third kappa shape index (κ3) is 5.13. The van der Waals surface area contributed by atoms with E-state index in [0.29, 0.717) is 52.5 Å². The van der Waals surface area contributed by atoms with Crippen molar-refractivity contribution in [1.82, 2.24) is 15.2 Å². The second-order valence-electron chi connectivity index (χ2n) is 7.74. The van der Waals surface area contributed by atoms with Crippen LogP contribution in [-0.2, 0) is 4.79 Å². The molecule has 0 spiro atoms. The molecule has 1 aliphatic heterocycles. The van der Waals surface area contributed by atoms with Crippen LogP contribution in [0.3, 0.4) is 0 Å². The molecule has 1 amide bonds. The number of nitrogens with zero attached hydrogens (tertiary/aromatic N) is 4. The van der Waals surface area contributed by atoms with Crippen LogP contribution in [0.25, 0.3) is 11.3 Å². The Morgan fingerprint density at radius 2 is 1.91 bits per heavy atom. The van der Waals surface area contributed by atoms with Crippen molar-refractivity contribution in [3.63, 3.8) is 0 Å². The lowest BCUT2D eigenvalue weighted by Gasteiger charge is -2.31. The summed E-state index contributed by atoms with van der Waals surface area (Å²) < 4.78 is 12.2. The summed E-state index contributed by atoms with van der Waals surface area (Å²) in [5, 5.41) is 9.72. The average Bonchev–Trinajstić information content (AvgIpc) is 2.97. The van der Waals surface area contributed by atoms with Crippen LogP contribution in [0.4, 0.5) is 5.69 Å². The van der Waals surface area contributed by atoms with Crippen molar-refractivity contribution in [2.75, 3.05) is 17.3 Å². The number of amides is 1. The van der Waals surface area contributed by atoms with E-state index in [4.69, 9.17) is 21.1 Å². The number of halogens is 1. The minimum absolute atomic E-state index is 0.0636. The molecule has 3 aromatic rings. The summed E-state index contributed by atoms with van der Waals surface area (Å²) in [5.41, 5.74) is 2.57. The zero-order chi connectivity index (χ0) is 24.1. The first-order valence-corrected chi connectivity index (χ1v) is 12.8. The molecule has 0 N–H and O–H groups in total. The predicted octanol–water partition coefficient (Wildman–Crippen LogP) is 6.32. The number of carbonyl (C=O) groups excluding carboxylic acids is 1. The van der Waals surface area contributed by atoms with Gasteiger partial charge in [0, 0.05) is 22.6 Å². The molecule has 0 bridgehead atoms. The molecule has 0 fully saturated rings. The molecule has 0 saturated heterocycles. The Kier molecular flexibility index (Phi) is 7.90. The molecule has 0 aliphatic carbocycles. The molecule has 2 aromatic carbocycles. The van der Waals surface area contributed by atoms with E-state index in [9.17, 15) is 4.79 Å². The fourth-order valence-corrected chi connectivity index (χ4v) is 4.37. The zero-order valence-corrected chi connectivity index (χ0v) is 21.0. The Bertz CT molecular complexity index is 1160. The van der Waals surface area contributed by atoms with Gasteiger partial charge in [-0.15, -0.1) is 10.2 Å². The first kappa shape index (κ1) is 24.3. The van der Waals surface area contributed by atoms with Crippen LogP contribution in [0.5, 0.6) is 11.6 Å². The Labute approximate surface area is 208 Å². The van der Waals surface area contributed by atoms with Gasteiger partial charge in [-0.05, 0) is 61.1 Å². The predicted molar refractivity (Wildman–Crippen MR) is 135 cm³/mol. The lowest BCUT2D eigenvalue weighted by Crippen LogP contribution is -2.37. The second kappa shape index (κ2) is 11.1. The second-order valence-corrected chi connectivity index (χ2v) is 9.41. The van der Waals surface area contributed by atoms with E-state index in [1.54, 1.807) is 17.0 Å². The third-order valence-corrected chi connectivity index (χ3v) is 6.17. The topological polar surface area (TPSA) is 77.4 Å². The minimum atomic E-state index is -0.739. The van der Waals surface area contributed by atoms with Crippen molar-refractivity contribution in [1.29, 1.82) is 0 Å². The van der Waals surface area contributed by atoms with Crippen LogP contribution < -0.4 is 14.4 Å². The number of hydrogen-bond acceptors (Lipinski definition) is 7. The van der Waals surface area contributed by atoms with E-state index in [-0.39, 0.29) is 5.91 Å². The highest BCUT2D eigenvalue weighted by molar-refractivity contribution is 7.99. The van der Waals surface area contributed by atoms with Gasteiger partial charge in [0.15, 0.2) is 5.69 Å². The molecule has 0 radical (unpaired) electrons. The van der Waals surface area contributed by atoms with Gasteiger partial charge in [-0.25, -0.2) is 0 Å². The molecule has 0 saturated carbocycles. The number of carbonyl (C=O) groups is 1. The van der Waals surface area contributed by atoms with Gasteiger partial charge in [0.05, 0.1) is 12.3 Å². The highest BCUT2D eigenvalue weighted by Crippen LogP contribution is 2.44. The summed E-state index contributed by atoms with van der Waals surface area (Å²) in [7, 11) is 0. The average molecular weight is 499 g/mol. The molecule has 2 heterocycles. The fourth-order valence-electron chi connectivity index (χ4n) is 3.70. The Hall–Kier alpha value is -2.84. The van der Waals surface area contributed by atoms with Crippen LogP contribution in [0.15, 0.2) is 47.6 Å². The van der Waals surface area contributed by atoms with Gasteiger partial charge >= 0.3 is 0 Å². The lowest BCUT2D eigenvalue weighted by molar-refractivity contribution is -0.120. The number of thioether (sulfide) groups is 1. The van der Waals surface area contributed by atoms with Crippen molar-refractivity contribution in [2.24, 2.45) is 0 Å². The van der Waals surface area contributed by atoms with E-state index in [2.05, 4.69) is 22.1 Å². The van der Waals surface area contributed by atoms with Crippen LogP contribution in [0, 0.1) is 0 Å². The molecule has 9 heteroatoms. The van der Waals surface area contributed by atoms with E-state index < -0.39 is 6.23 Å². The molecular formula is C25H27ClN4O3S. The first-order valence-electron chi connectivity index (χ1n) is 11.4. The Balaban J connectivity index is 1.87. The molecule has 7 nitrogen and oxygen atoms in total. The van der Waals surface area contributed by atoms with Crippen LogP contribution in [0.2, 0.25) is 5.02 Å². The number of fused-ring (bicyclic) bond motifs is 3. The van der Waals surface area contributed by atoms with Crippen molar-refractivity contribution in [3.05, 3.63) is 53.1 Å². The summed E-state index contributed by atoms with van der Waals surface area (Å²) in [6.45, 7) is 6.70. The van der Waals surface area contributed by atoms with Crippen molar-refractivity contribution >= 4 is 35.0 Å². The SMILES string of the molecule is CCCOc1ccc([C@H]2Oc3nc(SCC)nnc3-c3cc(Cl)ccc3N2C(=O)CCC)cc1. The highest BCUT2D eigenvalue weighted by Gasteiger charge is 2.35. The standard InChI is InChI=1S/C25H27ClN4O3S/c1-4-7-21(31)30-20-13-10-17(26)15-19(20)22-23(27-25(29-28-22)34-6-3)33-24(30)16-8-11-18(12-9-16)32-14-5-2/h8-13,15,24H,4-7,14H2,1-3H3/t24-/m1/s1. The molecular weight excluding hydrogens is 472 g/mol. The first-order chi connectivity index (χ1) is 16.5. The monoisotopic (exact) mass is 498 g/mol. The molecule has 178 valence electrons. The molecule has 34 heavy (non-hydrogen) atoms. The van der Waals surface area contributed by atoms with Crippen LogP contribution >= 0.6 is 23.4 Å². The maximum absolute atomic E-state index is 13.4. The summed E-state index contributed by atoms with van der Waals surface area (Å²) >= 11 is 7.82. The van der Waals surface area contributed by atoms with Crippen molar-refractivity contribution in [2.45, 2.75) is 51.4 Å². The maximum atomic E-state index is 13.4. The number of benzene rings is 2. The number of hydrogen-bond donors (Lipinski definition) is 0. The van der Waals surface area contributed by atoms with E-state index in [1.807, 2.05) is 44.2 Å². The molecule has 1 aliphatic rings. The number of rotatable bonds is 8. The molecule has 1 aromatic heterocycles. The highest BCUT2D eigenvalue weighted by atomic mass is 35.5. The largest absolute Gasteiger partial charge is 0.494 e. The summed E-state index contributed by atoms with van der Waals surface area (Å²) in [5.74, 6) is 1.82. The van der Waals surface area contributed by atoms with E-state index in [0.717, 1.165) is 23.5 Å². The van der Waals surface area contributed by atoms with Crippen LogP contribution in [0.1, 0.15) is 51.8 Å². The van der Waals surface area contributed by atoms with Gasteiger partial charge in [-0.1, -0.05) is 44.1 Å². The summed E-state index contributed by atoms with van der Waals surface area (Å²) in [6.07, 6.45) is 1.26. The van der Waals surface area contributed by atoms with Crippen LogP contribution in [-0.4, -0.2) is 33.4 Å². The third-order valence-electron chi connectivity index (χ3n) is 5.21. The summed E-state index contributed by atoms with van der Waals surface area (Å²) in [4.78, 5) is 19.7. The number of aromatic nitrogens is 3. The van der Waals surface area contributed by atoms with Gasteiger partial charge in [0.2, 0.25) is 23.2 Å². The van der Waals surface area contributed by atoms with Gasteiger partial charge in [-0.3, -0.25) is 9.69 Å². The fraction of sp³-hybridized carbons (Fsp3) is 0.360. The van der Waals surface area contributed by atoms with Crippen molar-refractivity contribution < 1.29 is 14.3 Å². The van der Waals surface area contributed by atoms with Crippen molar-refractivity contribution in [3.8, 4) is 22.9 Å². The smallest absolute Gasteiger partial charge is 0.247 e. The zero-order valence-electron chi connectivity index (χ0n) is 19.5. The van der Waals surface area contributed by atoms with E-state index in [1.165, 1.54) is 11.8 Å². The van der Waals surface area contributed by atoms with E-state index >= 15 is 0 Å². The number of anilines is 1. The Morgan fingerprint density at radius 3 is 2.62 bits per heavy atom. The number of ether oxygens (including phenoxy) is 2. The Morgan fingerprint density at radius 1 is 1.12 bits per heavy atom. The molecule has 0 unspecified atom stereocenters. The normalized spacial score (nSPS) is 14.6. The van der Waals surface area contributed by atoms with Gasteiger partial charge in [0.1, 0.15) is 5.75 Å². The van der Waals surface area contributed by atoms with Gasteiger partial charge in [-0.2, -0.15) is 4.98 Å². The molecule has 4 rings (SSSR count). The minimum Gasteiger partial charge on any atom is -0.494 e. The van der Waals surface area contributed by atoms with Gasteiger partial charge in [0.25, 0.3) is 0 Å². The lowest BCUT2D eigenvalue weighted by atomic mass is 10.1. The van der Waals surface area contributed by atoms with Gasteiger partial charge < -0.3 is 9.47 Å². The molecule has 1 atom stereocenters. The quantitative estimate of drug-likeness (QED) is 0.336. The maximum Gasteiger partial charge on any atom is 0.247 e. The summed E-state index contributed by atoms with van der Waals surface area (Å²) in [6, 6.07) is 13.0.